The lowest BCUT2D eigenvalue weighted by Gasteiger charge is -2.08. The van der Waals surface area contributed by atoms with Crippen molar-refractivity contribution in [1.29, 1.82) is 0 Å². The van der Waals surface area contributed by atoms with E-state index in [1.165, 1.54) is 0 Å². The molecule has 0 fully saturated rings. The first-order chi connectivity index (χ1) is 9.78. The quantitative estimate of drug-likeness (QED) is 0.801. The molecule has 0 spiro atoms. The van der Waals surface area contributed by atoms with E-state index in [9.17, 15) is 4.79 Å². The molecule has 0 amide bonds. The first-order valence-corrected chi connectivity index (χ1v) is 7.41. The second kappa shape index (κ2) is 5.46. The van der Waals surface area contributed by atoms with Crippen molar-refractivity contribution in [2.75, 3.05) is 11.9 Å². The predicted octanol–water partition coefficient (Wildman–Crippen LogP) is 2.94. The Labute approximate surface area is 120 Å². The summed E-state index contributed by atoms with van der Waals surface area (Å²) in [6.45, 7) is 3.41. The van der Waals surface area contributed by atoms with Crippen LogP contribution in [0.4, 0.5) is 5.69 Å². The van der Waals surface area contributed by atoms with Crippen LogP contribution in [0.25, 0.3) is 10.1 Å². The minimum atomic E-state index is 0.0411. The Morgan fingerprint density at radius 3 is 3.10 bits per heavy atom. The number of nitrogens with one attached hydrogen (secondary N) is 1. The van der Waals surface area contributed by atoms with Crippen LogP contribution >= 0.6 is 11.3 Å². The average Bonchev–Trinajstić information content (AvgIpc) is 2.92. The van der Waals surface area contributed by atoms with Crippen LogP contribution in [0.2, 0.25) is 0 Å². The molecule has 0 saturated heterocycles. The highest BCUT2D eigenvalue weighted by atomic mass is 32.1. The molecule has 20 heavy (non-hydrogen) atoms. The maximum absolute atomic E-state index is 12.3. The molecule has 0 aliphatic heterocycles. The van der Waals surface area contributed by atoms with Crippen molar-refractivity contribution in [1.82, 2.24) is 9.55 Å². The van der Waals surface area contributed by atoms with E-state index in [0.29, 0.717) is 6.54 Å². The zero-order valence-electron chi connectivity index (χ0n) is 11.2. The minimum Gasteiger partial charge on any atom is -0.385 e. The highest BCUT2D eigenvalue weighted by Crippen LogP contribution is 2.16. The third kappa shape index (κ3) is 2.44. The molecule has 3 aromatic rings. The van der Waals surface area contributed by atoms with Crippen LogP contribution in [-0.2, 0) is 6.54 Å². The molecule has 102 valence electrons. The van der Waals surface area contributed by atoms with Crippen molar-refractivity contribution in [2.45, 2.75) is 13.5 Å². The number of rotatable bonds is 4. The summed E-state index contributed by atoms with van der Waals surface area (Å²) < 4.78 is 2.73. The van der Waals surface area contributed by atoms with Gasteiger partial charge in [-0.15, -0.1) is 11.3 Å². The molecule has 0 unspecified atom stereocenters. The Morgan fingerprint density at radius 2 is 2.25 bits per heavy atom. The molecule has 0 aliphatic rings. The number of anilines is 1. The van der Waals surface area contributed by atoms with E-state index in [4.69, 9.17) is 0 Å². The van der Waals surface area contributed by atoms with E-state index in [-0.39, 0.29) is 5.56 Å². The van der Waals surface area contributed by atoms with E-state index < -0.39 is 0 Å². The zero-order valence-corrected chi connectivity index (χ0v) is 12.0. The van der Waals surface area contributed by atoms with Gasteiger partial charge >= 0.3 is 0 Å². The highest BCUT2D eigenvalue weighted by molar-refractivity contribution is 7.17. The van der Waals surface area contributed by atoms with Crippen LogP contribution in [0.1, 0.15) is 12.6 Å². The third-order valence-corrected chi connectivity index (χ3v) is 4.00. The summed E-state index contributed by atoms with van der Waals surface area (Å²) in [5, 5.41) is 5.97. The summed E-state index contributed by atoms with van der Waals surface area (Å²) >= 11 is 1.59. The SMILES string of the molecule is CCNc1ccnc(Cn2ccc3sccc3c2=O)c1. The van der Waals surface area contributed by atoms with Crippen LogP contribution < -0.4 is 10.9 Å². The Balaban J connectivity index is 1.94. The lowest BCUT2D eigenvalue weighted by Crippen LogP contribution is -2.20. The van der Waals surface area contributed by atoms with Crippen molar-refractivity contribution in [3.63, 3.8) is 0 Å². The molecule has 3 rings (SSSR count). The predicted molar refractivity (Wildman–Crippen MR) is 83.6 cm³/mol. The van der Waals surface area contributed by atoms with E-state index in [2.05, 4.69) is 17.2 Å². The number of aromatic nitrogens is 2. The second-order valence-electron chi connectivity index (χ2n) is 4.51. The fourth-order valence-corrected chi connectivity index (χ4v) is 2.96. The molecule has 4 nitrogen and oxygen atoms in total. The van der Waals surface area contributed by atoms with Crippen molar-refractivity contribution in [2.24, 2.45) is 0 Å². The lowest BCUT2D eigenvalue weighted by molar-refractivity contribution is 0.747. The van der Waals surface area contributed by atoms with Crippen molar-refractivity contribution in [3.05, 3.63) is 58.1 Å². The lowest BCUT2D eigenvalue weighted by atomic mass is 10.3. The molecule has 0 aliphatic carbocycles. The van der Waals surface area contributed by atoms with Crippen LogP contribution in [0.5, 0.6) is 0 Å². The van der Waals surface area contributed by atoms with Gasteiger partial charge in [0.25, 0.3) is 5.56 Å². The molecular weight excluding hydrogens is 270 g/mol. The normalized spacial score (nSPS) is 10.8. The Bertz CT molecular complexity index is 791. The molecule has 0 saturated carbocycles. The maximum atomic E-state index is 12.3. The van der Waals surface area contributed by atoms with Gasteiger partial charge in [0, 0.05) is 29.3 Å². The first kappa shape index (κ1) is 12.9. The van der Waals surface area contributed by atoms with Gasteiger partial charge in [0.05, 0.1) is 17.6 Å². The highest BCUT2D eigenvalue weighted by Gasteiger charge is 2.05. The Morgan fingerprint density at radius 1 is 1.35 bits per heavy atom. The topological polar surface area (TPSA) is 46.9 Å². The molecule has 0 atom stereocenters. The van der Waals surface area contributed by atoms with Gasteiger partial charge in [0.1, 0.15) is 0 Å². The maximum Gasteiger partial charge on any atom is 0.259 e. The summed E-state index contributed by atoms with van der Waals surface area (Å²) in [5.41, 5.74) is 1.95. The summed E-state index contributed by atoms with van der Waals surface area (Å²) in [4.78, 5) is 16.7. The largest absolute Gasteiger partial charge is 0.385 e. The Kier molecular flexibility index (Phi) is 3.52. The number of pyridine rings is 2. The number of hydrogen-bond acceptors (Lipinski definition) is 4. The molecule has 0 radical (unpaired) electrons. The zero-order chi connectivity index (χ0) is 13.9. The van der Waals surface area contributed by atoms with Gasteiger partial charge in [0.15, 0.2) is 0 Å². The molecule has 3 heterocycles. The standard InChI is InChI=1S/C15H15N3OS/c1-2-16-11-3-6-17-12(9-11)10-18-7-4-14-13(15(18)19)5-8-20-14/h3-9H,2,10H2,1H3,(H,16,17). The van der Waals surface area contributed by atoms with Crippen LogP contribution in [0.15, 0.2) is 46.8 Å². The molecule has 0 aromatic carbocycles. The van der Waals surface area contributed by atoms with E-state index >= 15 is 0 Å². The number of fused-ring (bicyclic) bond motifs is 1. The monoisotopic (exact) mass is 285 g/mol. The average molecular weight is 285 g/mol. The van der Waals surface area contributed by atoms with Gasteiger partial charge in [-0.25, -0.2) is 0 Å². The number of hydrogen-bond donors (Lipinski definition) is 1. The van der Waals surface area contributed by atoms with Crippen molar-refractivity contribution < 1.29 is 0 Å². The third-order valence-electron chi connectivity index (χ3n) is 3.12. The number of thiophene rings is 1. The van der Waals surface area contributed by atoms with Crippen LogP contribution in [-0.4, -0.2) is 16.1 Å². The van der Waals surface area contributed by atoms with Crippen LogP contribution in [0, 0.1) is 0 Å². The summed E-state index contributed by atoms with van der Waals surface area (Å²) in [6, 6.07) is 7.77. The van der Waals surface area contributed by atoms with E-state index in [1.807, 2.05) is 35.8 Å². The van der Waals surface area contributed by atoms with Gasteiger partial charge in [0.2, 0.25) is 0 Å². The Hall–Kier alpha value is -2.14. The molecule has 1 N–H and O–H groups in total. The molecule has 3 aromatic heterocycles. The summed E-state index contributed by atoms with van der Waals surface area (Å²) in [5.74, 6) is 0. The van der Waals surface area contributed by atoms with Crippen LogP contribution in [0.3, 0.4) is 0 Å². The molecular formula is C15H15N3OS. The summed E-state index contributed by atoms with van der Waals surface area (Å²) in [7, 11) is 0. The van der Waals surface area contributed by atoms with E-state index in [1.54, 1.807) is 22.1 Å². The fraction of sp³-hybridized carbons (Fsp3) is 0.200. The van der Waals surface area contributed by atoms with Crippen molar-refractivity contribution >= 4 is 27.1 Å². The van der Waals surface area contributed by atoms with Crippen molar-refractivity contribution in [3.8, 4) is 0 Å². The number of nitrogens with zero attached hydrogens (tertiary/aromatic N) is 2. The molecule has 5 heteroatoms. The van der Waals surface area contributed by atoms with Gasteiger partial charge in [-0.1, -0.05) is 0 Å². The summed E-state index contributed by atoms with van der Waals surface area (Å²) in [6.07, 6.45) is 3.60. The van der Waals surface area contributed by atoms with Gasteiger partial charge in [-0.2, -0.15) is 0 Å². The van der Waals surface area contributed by atoms with Gasteiger partial charge in [-0.3, -0.25) is 9.78 Å². The van der Waals surface area contributed by atoms with Gasteiger partial charge < -0.3 is 9.88 Å². The van der Waals surface area contributed by atoms with Gasteiger partial charge in [-0.05, 0) is 36.6 Å². The fourth-order valence-electron chi connectivity index (χ4n) is 2.18. The first-order valence-electron chi connectivity index (χ1n) is 6.53. The van der Waals surface area contributed by atoms with E-state index in [0.717, 1.165) is 28.0 Å². The minimum absolute atomic E-state index is 0.0411. The second-order valence-corrected chi connectivity index (χ2v) is 5.46. The molecule has 0 bridgehead atoms. The smallest absolute Gasteiger partial charge is 0.259 e.